The zero-order chi connectivity index (χ0) is 16.8. The number of hydrogen-bond acceptors (Lipinski definition) is 4. The Balaban J connectivity index is 1.44. The average molecular weight is 327 g/mol. The number of nitrogens with two attached hydrogens (primary N) is 1. The highest BCUT2D eigenvalue weighted by Crippen LogP contribution is 2.29. The van der Waals surface area contributed by atoms with Crippen LogP contribution in [0.15, 0.2) is 41.0 Å². The number of nitrogens with one attached hydrogen (secondary N) is 1. The maximum Gasteiger partial charge on any atom is 0.117 e. The van der Waals surface area contributed by atoms with Crippen molar-refractivity contribution in [1.29, 1.82) is 0 Å². The van der Waals surface area contributed by atoms with Crippen LogP contribution in [0, 0.1) is 5.92 Å². The summed E-state index contributed by atoms with van der Waals surface area (Å²) in [6.45, 7) is 6.36. The first kappa shape index (κ1) is 16.9. The number of piperidine rings is 1. The SMILES string of the molecule is CC1CCN(c2ccc(CCCNCc3ccco3)cc2N)CC1. The van der Waals surface area contributed by atoms with E-state index in [1.165, 1.54) is 24.1 Å². The van der Waals surface area contributed by atoms with Gasteiger partial charge in [-0.3, -0.25) is 0 Å². The molecule has 3 rings (SSSR count). The summed E-state index contributed by atoms with van der Waals surface area (Å²) in [5, 5.41) is 3.41. The number of hydrogen-bond donors (Lipinski definition) is 2. The minimum Gasteiger partial charge on any atom is -0.468 e. The van der Waals surface area contributed by atoms with Crippen molar-refractivity contribution in [3.8, 4) is 0 Å². The second-order valence-corrected chi connectivity index (χ2v) is 6.92. The fraction of sp³-hybridized carbons (Fsp3) is 0.500. The van der Waals surface area contributed by atoms with Crippen LogP contribution in [0.1, 0.15) is 37.5 Å². The lowest BCUT2D eigenvalue weighted by molar-refractivity contribution is 0.438. The van der Waals surface area contributed by atoms with Crippen LogP contribution in [0.4, 0.5) is 11.4 Å². The fourth-order valence-electron chi connectivity index (χ4n) is 3.34. The van der Waals surface area contributed by atoms with Crippen molar-refractivity contribution in [2.45, 2.75) is 39.2 Å². The summed E-state index contributed by atoms with van der Waals surface area (Å²) in [7, 11) is 0. The minimum atomic E-state index is 0.793. The molecule has 1 aliphatic heterocycles. The van der Waals surface area contributed by atoms with E-state index in [0.717, 1.165) is 56.4 Å². The largest absolute Gasteiger partial charge is 0.468 e. The van der Waals surface area contributed by atoms with Gasteiger partial charge >= 0.3 is 0 Å². The molecule has 0 saturated carbocycles. The molecule has 3 N–H and O–H groups in total. The Labute approximate surface area is 145 Å². The van der Waals surface area contributed by atoms with Gasteiger partial charge in [-0.15, -0.1) is 0 Å². The smallest absolute Gasteiger partial charge is 0.117 e. The average Bonchev–Trinajstić information content (AvgIpc) is 3.09. The maximum absolute atomic E-state index is 6.31. The lowest BCUT2D eigenvalue weighted by Gasteiger charge is -2.33. The molecular formula is C20H29N3O. The van der Waals surface area contributed by atoms with Crippen LogP contribution in [-0.2, 0) is 13.0 Å². The van der Waals surface area contributed by atoms with E-state index < -0.39 is 0 Å². The number of rotatable bonds is 7. The molecule has 2 heterocycles. The highest BCUT2D eigenvalue weighted by Gasteiger charge is 2.17. The van der Waals surface area contributed by atoms with Crippen LogP contribution < -0.4 is 16.0 Å². The van der Waals surface area contributed by atoms with Crippen LogP contribution in [0.3, 0.4) is 0 Å². The Hall–Kier alpha value is -1.94. The minimum absolute atomic E-state index is 0.793. The third-order valence-corrected chi connectivity index (χ3v) is 4.91. The van der Waals surface area contributed by atoms with Crippen LogP contribution in [0.2, 0.25) is 0 Å². The van der Waals surface area contributed by atoms with Gasteiger partial charge in [-0.1, -0.05) is 13.0 Å². The van der Waals surface area contributed by atoms with Crippen LogP contribution >= 0.6 is 0 Å². The molecule has 2 aromatic rings. The molecule has 0 aliphatic carbocycles. The number of aryl methyl sites for hydroxylation is 1. The van der Waals surface area contributed by atoms with Crippen LogP contribution in [0.25, 0.3) is 0 Å². The van der Waals surface area contributed by atoms with Crippen molar-refractivity contribution >= 4 is 11.4 Å². The van der Waals surface area contributed by atoms with E-state index in [-0.39, 0.29) is 0 Å². The number of nitrogen functional groups attached to an aromatic ring is 1. The number of benzene rings is 1. The van der Waals surface area contributed by atoms with Gasteiger partial charge in [-0.05, 0) is 68.0 Å². The fourth-order valence-corrected chi connectivity index (χ4v) is 3.34. The monoisotopic (exact) mass is 327 g/mol. The first-order valence-corrected chi connectivity index (χ1v) is 9.09. The molecule has 0 amide bonds. The molecule has 1 aliphatic rings. The zero-order valence-electron chi connectivity index (χ0n) is 14.6. The topological polar surface area (TPSA) is 54.4 Å². The van der Waals surface area contributed by atoms with Crippen molar-refractivity contribution in [1.82, 2.24) is 5.32 Å². The molecule has 0 spiro atoms. The van der Waals surface area contributed by atoms with E-state index in [1.54, 1.807) is 6.26 Å². The molecule has 4 heteroatoms. The number of anilines is 2. The van der Waals surface area contributed by atoms with Crippen molar-refractivity contribution in [3.63, 3.8) is 0 Å². The summed E-state index contributed by atoms with van der Waals surface area (Å²) >= 11 is 0. The zero-order valence-corrected chi connectivity index (χ0v) is 14.6. The summed E-state index contributed by atoms with van der Waals surface area (Å²) < 4.78 is 5.31. The second-order valence-electron chi connectivity index (χ2n) is 6.92. The summed E-state index contributed by atoms with van der Waals surface area (Å²) in [5.74, 6) is 1.83. The van der Waals surface area contributed by atoms with Crippen molar-refractivity contribution in [2.75, 3.05) is 30.3 Å². The molecule has 0 radical (unpaired) electrons. The van der Waals surface area contributed by atoms with E-state index in [0.29, 0.717) is 0 Å². The summed E-state index contributed by atoms with van der Waals surface area (Å²) in [6.07, 6.45) is 6.39. The van der Waals surface area contributed by atoms with Gasteiger partial charge in [0.05, 0.1) is 24.2 Å². The summed E-state index contributed by atoms with van der Waals surface area (Å²) in [5.41, 5.74) is 9.76. The third-order valence-electron chi connectivity index (χ3n) is 4.91. The van der Waals surface area contributed by atoms with E-state index in [2.05, 4.69) is 35.3 Å². The van der Waals surface area contributed by atoms with Crippen molar-refractivity contribution in [3.05, 3.63) is 47.9 Å². The summed E-state index contributed by atoms with van der Waals surface area (Å²) in [4.78, 5) is 2.43. The molecule has 0 unspecified atom stereocenters. The lowest BCUT2D eigenvalue weighted by Crippen LogP contribution is -2.33. The van der Waals surface area contributed by atoms with Gasteiger partial charge in [0.1, 0.15) is 5.76 Å². The molecular weight excluding hydrogens is 298 g/mol. The predicted octanol–water partition coefficient (Wildman–Crippen LogP) is 3.82. The van der Waals surface area contributed by atoms with Crippen molar-refractivity contribution in [2.24, 2.45) is 5.92 Å². The van der Waals surface area contributed by atoms with Crippen molar-refractivity contribution < 1.29 is 4.42 Å². The molecule has 0 bridgehead atoms. The Morgan fingerprint density at radius 2 is 2.08 bits per heavy atom. The lowest BCUT2D eigenvalue weighted by atomic mass is 9.98. The summed E-state index contributed by atoms with van der Waals surface area (Å²) in [6, 6.07) is 10.5. The third kappa shape index (κ3) is 4.54. The quantitative estimate of drug-likeness (QED) is 0.599. The van der Waals surface area contributed by atoms with Crippen LogP contribution in [-0.4, -0.2) is 19.6 Å². The molecule has 1 fully saturated rings. The Kier molecular flexibility index (Phi) is 5.81. The Morgan fingerprint density at radius 3 is 2.79 bits per heavy atom. The first-order valence-electron chi connectivity index (χ1n) is 9.09. The van der Waals surface area contributed by atoms with Crippen LogP contribution in [0.5, 0.6) is 0 Å². The first-order chi connectivity index (χ1) is 11.7. The van der Waals surface area contributed by atoms with Gasteiger partial charge in [-0.25, -0.2) is 0 Å². The van der Waals surface area contributed by atoms with E-state index in [4.69, 9.17) is 10.2 Å². The van der Waals surface area contributed by atoms with Gasteiger partial charge in [-0.2, -0.15) is 0 Å². The van der Waals surface area contributed by atoms with Gasteiger partial charge < -0.3 is 20.4 Å². The second kappa shape index (κ2) is 8.25. The highest BCUT2D eigenvalue weighted by molar-refractivity contribution is 5.68. The molecule has 24 heavy (non-hydrogen) atoms. The van der Waals surface area contributed by atoms with Gasteiger partial charge in [0, 0.05) is 13.1 Å². The normalized spacial score (nSPS) is 15.8. The predicted molar refractivity (Wildman–Crippen MR) is 100 cm³/mol. The van der Waals surface area contributed by atoms with E-state index in [9.17, 15) is 0 Å². The number of nitrogens with zero attached hydrogens (tertiary/aromatic N) is 1. The molecule has 1 aromatic heterocycles. The molecule has 1 saturated heterocycles. The molecule has 4 nitrogen and oxygen atoms in total. The van der Waals surface area contributed by atoms with Gasteiger partial charge in [0.2, 0.25) is 0 Å². The highest BCUT2D eigenvalue weighted by atomic mass is 16.3. The molecule has 130 valence electrons. The van der Waals surface area contributed by atoms with Gasteiger partial charge in [0.15, 0.2) is 0 Å². The maximum atomic E-state index is 6.31. The Morgan fingerprint density at radius 1 is 1.25 bits per heavy atom. The number of furan rings is 1. The van der Waals surface area contributed by atoms with E-state index in [1.807, 2.05) is 12.1 Å². The van der Waals surface area contributed by atoms with E-state index >= 15 is 0 Å². The Bertz CT molecular complexity index is 616. The standard InChI is InChI=1S/C20H29N3O/c1-16-8-11-23(12-9-16)20-7-6-17(14-19(20)21)4-2-10-22-15-18-5-3-13-24-18/h3,5-7,13-14,16,22H,2,4,8-12,15,21H2,1H3. The molecule has 1 aromatic carbocycles. The van der Waals surface area contributed by atoms with Gasteiger partial charge in [0.25, 0.3) is 0 Å². The molecule has 0 atom stereocenters.